The largest absolute Gasteiger partial charge is 0.451 e. The van der Waals surface area contributed by atoms with Crippen molar-refractivity contribution >= 4 is 34.2 Å². The van der Waals surface area contributed by atoms with Crippen LogP contribution in [0.15, 0.2) is 63.8 Å². The SMILES string of the molecule is O=C(Nc1cccc(N2CCCC2=O)c1)c1cc(=O)c2ccccc2o1. The van der Waals surface area contributed by atoms with Crippen molar-refractivity contribution in [1.82, 2.24) is 0 Å². The van der Waals surface area contributed by atoms with Gasteiger partial charge in [-0.2, -0.15) is 0 Å². The zero-order chi connectivity index (χ0) is 18.1. The van der Waals surface area contributed by atoms with E-state index in [2.05, 4.69) is 5.32 Å². The van der Waals surface area contributed by atoms with E-state index in [1.807, 2.05) is 6.07 Å². The average molecular weight is 348 g/mol. The Bertz CT molecular complexity index is 1070. The van der Waals surface area contributed by atoms with Crippen molar-refractivity contribution in [3.05, 3.63) is 70.6 Å². The van der Waals surface area contributed by atoms with E-state index in [1.54, 1.807) is 47.4 Å². The topological polar surface area (TPSA) is 79.6 Å². The van der Waals surface area contributed by atoms with Crippen LogP contribution in [0.4, 0.5) is 11.4 Å². The molecule has 26 heavy (non-hydrogen) atoms. The van der Waals surface area contributed by atoms with Gasteiger partial charge >= 0.3 is 0 Å². The summed E-state index contributed by atoms with van der Waals surface area (Å²) in [5.74, 6) is -0.497. The maximum absolute atomic E-state index is 12.5. The molecule has 0 saturated carbocycles. The van der Waals surface area contributed by atoms with Crippen LogP contribution < -0.4 is 15.6 Å². The van der Waals surface area contributed by atoms with Crippen molar-refractivity contribution in [3.8, 4) is 0 Å². The van der Waals surface area contributed by atoms with Crippen molar-refractivity contribution < 1.29 is 14.0 Å². The van der Waals surface area contributed by atoms with Gasteiger partial charge in [0, 0.05) is 30.4 Å². The lowest BCUT2D eigenvalue weighted by molar-refractivity contribution is -0.117. The van der Waals surface area contributed by atoms with E-state index in [9.17, 15) is 14.4 Å². The molecule has 1 saturated heterocycles. The number of carbonyl (C=O) groups excluding carboxylic acids is 2. The van der Waals surface area contributed by atoms with Crippen molar-refractivity contribution in [2.75, 3.05) is 16.8 Å². The predicted molar refractivity (Wildman–Crippen MR) is 98.5 cm³/mol. The number of amides is 2. The highest BCUT2D eigenvalue weighted by atomic mass is 16.3. The fraction of sp³-hybridized carbons (Fsp3) is 0.150. The summed E-state index contributed by atoms with van der Waals surface area (Å²) in [5.41, 5.74) is 1.36. The van der Waals surface area contributed by atoms with Gasteiger partial charge in [0.25, 0.3) is 5.91 Å². The Kier molecular flexibility index (Phi) is 4.01. The van der Waals surface area contributed by atoms with E-state index < -0.39 is 5.91 Å². The van der Waals surface area contributed by atoms with Gasteiger partial charge in [-0.3, -0.25) is 14.4 Å². The number of nitrogens with one attached hydrogen (secondary N) is 1. The molecule has 0 unspecified atom stereocenters. The molecule has 2 heterocycles. The minimum atomic E-state index is -0.516. The van der Waals surface area contributed by atoms with Gasteiger partial charge < -0.3 is 14.6 Å². The van der Waals surface area contributed by atoms with E-state index in [-0.39, 0.29) is 17.1 Å². The maximum Gasteiger partial charge on any atom is 0.291 e. The molecule has 0 bridgehead atoms. The summed E-state index contributed by atoms with van der Waals surface area (Å²) >= 11 is 0. The summed E-state index contributed by atoms with van der Waals surface area (Å²) in [7, 11) is 0. The summed E-state index contributed by atoms with van der Waals surface area (Å²) < 4.78 is 5.55. The fourth-order valence-corrected chi connectivity index (χ4v) is 3.08. The normalized spacial score (nSPS) is 14.0. The molecule has 1 aliphatic rings. The average Bonchev–Trinajstić information content (AvgIpc) is 3.08. The third-order valence-electron chi connectivity index (χ3n) is 4.35. The highest BCUT2D eigenvalue weighted by Crippen LogP contribution is 2.24. The zero-order valence-electron chi connectivity index (χ0n) is 13.9. The Morgan fingerprint density at radius 2 is 1.88 bits per heavy atom. The molecular formula is C20H16N2O4. The molecule has 0 atom stereocenters. The second-order valence-corrected chi connectivity index (χ2v) is 6.12. The monoisotopic (exact) mass is 348 g/mol. The highest BCUT2D eigenvalue weighted by Gasteiger charge is 2.22. The smallest absolute Gasteiger partial charge is 0.291 e. The van der Waals surface area contributed by atoms with Crippen LogP contribution in [0.2, 0.25) is 0 Å². The lowest BCUT2D eigenvalue weighted by Crippen LogP contribution is -2.23. The first-order chi connectivity index (χ1) is 12.6. The number of benzene rings is 2. The van der Waals surface area contributed by atoms with Gasteiger partial charge in [-0.15, -0.1) is 0 Å². The van der Waals surface area contributed by atoms with Crippen LogP contribution in [-0.4, -0.2) is 18.4 Å². The molecule has 2 amide bonds. The number of anilines is 2. The Morgan fingerprint density at radius 3 is 2.69 bits per heavy atom. The van der Waals surface area contributed by atoms with Gasteiger partial charge in [-0.25, -0.2) is 0 Å². The van der Waals surface area contributed by atoms with E-state index >= 15 is 0 Å². The first kappa shape index (κ1) is 16.1. The van der Waals surface area contributed by atoms with Crippen LogP contribution in [-0.2, 0) is 4.79 Å². The molecule has 6 heteroatoms. The van der Waals surface area contributed by atoms with E-state index in [1.165, 1.54) is 6.07 Å². The Morgan fingerprint density at radius 1 is 1.04 bits per heavy atom. The highest BCUT2D eigenvalue weighted by molar-refractivity contribution is 6.03. The predicted octanol–water partition coefficient (Wildman–Crippen LogP) is 3.17. The van der Waals surface area contributed by atoms with Gasteiger partial charge in [0.2, 0.25) is 5.91 Å². The van der Waals surface area contributed by atoms with Crippen LogP contribution in [0.25, 0.3) is 11.0 Å². The Labute approximate surface area is 149 Å². The molecule has 0 aliphatic carbocycles. The number of carbonyl (C=O) groups is 2. The minimum absolute atomic E-state index is 0.0589. The fourth-order valence-electron chi connectivity index (χ4n) is 3.08. The quantitative estimate of drug-likeness (QED) is 0.788. The number of para-hydroxylation sites is 1. The Balaban J connectivity index is 1.61. The van der Waals surface area contributed by atoms with Crippen LogP contribution >= 0.6 is 0 Å². The molecule has 1 fully saturated rings. The molecule has 0 radical (unpaired) electrons. The second kappa shape index (κ2) is 6.48. The standard InChI is InChI=1S/C20H16N2O4/c23-16-12-18(26-17-8-2-1-7-15(16)17)20(25)21-13-5-3-6-14(11-13)22-10-4-9-19(22)24/h1-3,5-8,11-12H,4,9-10H2,(H,21,25). The molecule has 1 aliphatic heterocycles. The van der Waals surface area contributed by atoms with E-state index in [0.29, 0.717) is 29.6 Å². The van der Waals surface area contributed by atoms with Crippen molar-refractivity contribution in [2.24, 2.45) is 0 Å². The molecule has 4 rings (SSSR count). The molecular weight excluding hydrogens is 332 g/mol. The maximum atomic E-state index is 12.5. The molecule has 6 nitrogen and oxygen atoms in total. The summed E-state index contributed by atoms with van der Waals surface area (Å²) in [5, 5.41) is 3.15. The molecule has 1 aromatic heterocycles. The first-order valence-electron chi connectivity index (χ1n) is 8.36. The lowest BCUT2D eigenvalue weighted by Gasteiger charge is -2.16. The van der Waals surface area contributed by atoms with Crippen LogP contribution in [0.5, 0.6) is 0 Å². The third-order valence-corrected chi connectivity index (χ3v) is 4.35. The number of nitrogens with zero attached hydrogens (tertiary/aromatic N) is 1. The summed E-state index contributed by atoms with van der Waals surface area (Å²) in [6, 6.07) is 15.0. The molecule has 0 spiro atoms. The second-order valence-electron chi connectivity index (χ2n) is 6.12. The van der Waals surface area contributed by atoms with Crippen molar-refractivity contribution in [1.29, 1.82) is 0 Å². The van der Waals surface area contributed by atoms with E-state index in [4.69, 9.17) is 4.42 Å². The summed E-state index contributed by atoms with van der Waals surface area (Å²) in [4.78, 5) is 38.2. The van der Waals surface area contributed by atoms with Gasteiger partial charge in [-0.05, 0) is 36.8 Å². The summed E-state index contributed by atoms with van der Waals surface area (Å²) in [6.07, 6.45) is 1.37. The molecule has 2 aromatic carbocycles. The zero-order valence-corrected chi connectivity index (χ0v) is 13.9. The van der Waals surface area contributed by atoms with E-state index in [0.717, 1.165) is 12.1 Å². The number of rotatable bonds is 3. The lowest BCUT2D eigenvalue weighted by atomic mass is 10.2. The molecule has 130 valence electrons. The van der Waals surface area contributed by atoms with Gasteiger partial charge in [0.15, 0.2) is 11.2 Å². The van der Waals surface area contributed by atoms with Gasteiger partial charge in [0.1, 0.15) is 5.58 Å². The third kappa shape index (κ3) is 2.97. The molecule has 3 aromatic rings. The minimum Gasteiger partial charge on any atom is -0.451 e. The molecule has 1 N–H and O–H groups in total. The van der Waals surface area contributed by atoms with Gasteiger partial charge in [0.05, 0.1) is 5.39 Å². The van der Waals surface area contributed by atoms with Crippen LogP contribution in [0, 0.1) is 0 Å². The van der Waals surface area contributed by atoms with Crippen molar-refractivity contribution in [2.45, 2.75) is 12.8 Å². The number of hydrogen-bond acceptors (Lipinski definition) is 4. The number of hydrogen-bond donors (Lipinski definition) is 1. The van der Waals surface area contributed by atoms with Gasteiger partial charge in [-0.1, -0.05) is 18.2 Å². The van der Waals surface area contributed by atoms with Crippen LogP contribution in [0.3, 0.4) is 0 Å². The van der Waals surface area contributed by atoms with Crippen molar-refractivity contribution in [3.63, 3.8) is 0 Å². The Hall–Kier alpha value is -3.41. The van der Waals surface area contributed by atoms with Crippen LogP contribution in [0.1, 0.15) is 23.4 Å². The number of fused-ring (bicyclic) bond motifs is 1. The summed E-state index contributed by atoms with van der Waals surface area (Å²) in [6.45, 7) is 0.676. The first-order valence-corrected chi connectivity index (χ1v) is 8.36.